The summed E-state index contributed by atoms with van der Waals surface area (Å²) in [5, 5.41) is 17.3. The minimum absolute atomic E-state index is 0.220. The highest BCUT2D eigenvalue weighted by atomic mass is 16.4. The van der Waals surface area contributed by atoms with E-state index in [-0.39, 0.29) is 5.56 Å². The van der Waals surface area contributed by atoms with E-state index < -0.39 is 5.97 Å². The van der Waals surface area contributed by atoms with Gasteiger partial charge in [0.05, 0.1) is 11.1 Å². The lowest BCUT2D eigenvalue weighted by atomic mass is 9.94. The van der Waals surface area contributed by atoms with E-state index in [0.717, 1.165) is 37.5 Å². The lowest BCUT2D eigenvalue weighted by Crippen LogP contribution is -2.30. The third-order valence-electron chi connectivity index (χ3n) is 4.36. The van der Waals surface area contributed by atoms with Gasteiger partial charge in [-0.15, -0.1) is 5.10 Å². The molecule has 1 fully saturated rings. The Morgan fingerprint density at radius 2 is 2.14 bits per heavy atom. The number of aromatic carboxylic acids is 1. The van der Waals surface area contributed by atoms with Crippen LogP contribution in [0, 0.1) is 5.92 Å². The zero-order valence-corrected chi connectivity index (χ0v) is 12.2. The van der Waals surface area contributed by atoms with Gasteiger partial charge in [0.1, 0.15) is 5.52 Å². The van der Waals surface area contributed by atoms with E-state index in [1.54, 1.807) is 12.1 Å². The highest BCUT2D eigenvalue weighted by Gasteiger charge is 2.18. The summed E-state index contributed by atoms with van der Waals surface area (Å²) < 4.78 is 1.83. The van der Waals surface area contributed by atoms with Gasteiger partial charge in [0, 0.05) is 6.54 Å². The Balaban J connectivity index is 1.73. The summed E-state index contributed by atoms with van der Waals surface area (Å²) in [5.41, 5.74) is 1.51. The van der Waals surface area contributed by atoms with Crippen LogP contribution in [0.2, 0.25) is 0 Å². The Morgan fingerprint density at radius 1 is 1.38 bits per heavy atom. The highest BCUT2D eigenvalue weighted by molar-refractivity contribution is 6.00. The van der Waals surface area contributed by atoms with Gasteiger partial charge in [-0.1, -0.05) is 11.3 Å². The fourth-order valence-corrected chi connectivity index (χ4v) is 2.98. The van der Waals surface area contributed by atoms with Crippen molar-refractivity contribution in [1.29, 1.82) is 0 Å². The lowest BCUT2D eigenvalue weighted by Gasteiger charge is -2.28. The topological polar surface area (TPSA) is 71.2 Å². The Hall–Kier alpha value is -1.95. The maximum Gasteiger partial charge on any atom is 0.338 e. The Morgan fingerprint density at radius 3 is 2.86 bits per heavy atom. The Kier molecular flexibility index (Phi) is 3.88. The first kappa shape index (κ1) is 14.0. The van der Waals surface area contributed by atoms with Gasteiger partial charge in [-0.05, 0) is 57.5 Å². The molecule has 1 saturated heterocycles. The zero-order valence-electron chi connectivity index (χ0n) is 12.2. The number of hydrogen-bond donors (Lipinski definition) is 1. The molecule has 0 aliphatic carbocycles. The maximum atomic E-state index is 11.2. The van der Waals surface area contributed by atoms with Gasteiger partial charge < -0.3 is 10.0 Å². The molecule has 1 aliphatic rings. The van der Waals surface area contributed by atoms with Crippen LogP contribution in [0.1, 0.15) is 29.6 Å². The van der Waals surface area contributed by atoms with Crippen LogP contribution < -0.4 is 0 Å². The first-order valence-corrected chi connectivity index (χ1v) is 7.39. The maximum absolute atomic E-state index is 11.2. The second kappa shape index (κ2) is 5.81. The quantitative estimate of drug-likeness (QED) is 0.929. The van der Waals surface area contributed by atoms with Gasteiger partial charge in [-0.25, -0.2) is 9.48 Å². The molecule has 21 heavy (non-hydrogen) atoms. The van der Waals surface area contributed by atoms with Crippen LogP contribution in [0.4, 0.5) is 0 Å². The molecule has 6 nitrogen and oxygen atoms in total. The van der Waals surface area contributed by atoms with Crippen molar-refractivity contribution in [3.8, 4) is 0 Å². The lowest BCUT2D eigenvalue weighted by molar-refractivity contribution is 0.0699. The summed E-state index contributed by atoms with van der Waals surface area (Å²) in [6, 6.07) is 5.21. The first-order chi connectivity index (χ1) is 10.1. The number of aryl methyl sites for hydroxylation is 1. The van der Waals surface area contributed by atoms with Crippen LogP contribution >= 0.6 is 0 Å². The van der Waals surface area contributed by atoms with Gasteiger partial charge in [0.15, 0.2) is 0 Å². The fraction of sp³-hybridized carbons (Fsp3) is 0.533. The third kappa shape index (κ3) is 2.90. The van der Waals surface area contributed by atoms with E-state index in [2.05, 4.69) is 22.3 Å². The molecule has 0 spiro atoms. The van der Waals surface area contributed by atoms with Gasteiger partial charge in [0.25, 0.3) is 0 Å². The molecule has 2 aromatic rings. The van der Waals surface area contributed by atoms with Crippen LogP contribution in [0.25, 0.3) is 11.0 Å². The van der Waals surface area contributed by atoms with Crippen molar-refractivity contribution >= 4 is 17.0 Å². The molecule has 1 N–H and O–H groups in total. The summed E-state index contributed by atoms with van der Waals surface area (Å²) in [5.74, 6) is -0.230. The van der Waals surface area contributed by atoms with Crippen molar-refractivity contribution in [2.24, 2.45) is 5.92 Å². The first-order valence-electron chi connectivity index (χ1n) is 7.39. The molecule has 1 aromatic carbocycles. The minimum Gasteiger partial charge on any atom is -0.478 e. The number of likely N-dealkylation sites (tertiary alicyclic amines) is 1. The van der Waals surface area contributed by atoms with E-state index in [1.165, 1.54) is 12.8 Å². The van der Waals surface area contributed by atoms with Gasteiger partial charge in [-0.2, -0.15) is 0 Å². The number of nitrogens with zero attached hydrogens (tertiary/aromatic N) is 4. The summed E-state index contributed by atoms with van der Waals surface area (Å²) in [6.07, 6.45) is 3.52. The van der Waals surface area contributed by atoms with E-state index in [0.29, 0.717) is 5.52 Å². The van der Waals surface area contributed by atoms with Crippen LogP contribution in [0.3, 0.4) is 0 Å². The molecule has 0 atom stereocenters. The molecule has 0 radical (unpaired) electrons. The molecule has 1 aromatic heterocycles. The summed E-state index contributed by atoms with van der Waals surface area (Å²) in [6.45, 7) is 3.12. The second-order valence-corrected chi connectivity index (χ2v) is 5.83. The average Bonchev–Trinajstić information content (AvgIpc) is 2.89. The molecule has 112 valence electrons. The van der Waals surface area contributed by atoms with E-state index in [9.17, 15) is 4.79 Å². The number of rotatable bonds is 4. The van der Waals surface area contributed by atoms with Gasteiger partial charge >= 0.3 is 5.97 Å². The molecule has 2 heterocycles. The standard InChI is InChI=1S/C15H20N4O2/c1-18-8-5-11(6-9-18)7-10-19-13-4-2-3-12(15(20)21)14(13)16-17-19/h2-4,11H,5-10H2,1H3,(H,20,21). The third-order valence-corrected chi connectivity index (χ3v) is 4.36. The van der Waals surface area contributed by atoms with Crippen LogP contribution in [0.5, 0.6) is 0 Å². The number of fused-ring (bicyclic) bond motifs is 1. The van der Waals surface area contributed by atoms with Gasteiger partial charge in [0.2, 0.25) is 0 Å². The number of aromatic nitrogens is 3. The molecule has 0 unspecified atom stereocenters. The van der Waals surface area contributed by atoms with E-state index >= 15 is 0 Å². The minimum atomic E-state index is -0.956. The zero-order chi connectivity index (χ0) is 14.8. The van der Waals surface area contributed by atoms with Crippen molar-refractivity contribution < 1.29 is 9.90 Å². The number of carboxylic acids is 1. The number of benzene rings is 1. The molecular formula is C15H20N4O2. The van der Waals surface area contributed by atoms with E-state index in [4.69, 9.17) is 5.11 Å². The summed E-state index contributed by atoms with van der Waals surface area (Å²) >= 11 is 0. The molecule has 0 bridgehead atoms. The van der Waals surface area contributed by atoms with Crippen molar-refractivity contribution in [1.82, 2.24) is 19.9 Å². The molecule has 1 aliphatic heterocycles. The largest absolute Gasteiger partial charge is 0.478 e. The average molecular weight is 288 g/mol. The second-order valence-electron chi connectivity index (χ2n) is 5.83. The molecule has 3 rings (SSSR count). The van der Waals surface area contributed by atoms with Crippen LogP contribution in [-0.4, -0.2) is 51.1 Å². The molecule has 0 saturated carbocycles. The van der Waals surface area contributed by atoms with Crippen LogP contribution in [0.15, 0.2) is 18.2 Å². The number of hydrogen-bond acceptors (Lipinski definition) is 4. The number of carboxylic acid groups (broad SMARTS) is 1. The van der Waals surface area contributed by atoms with Crippen molar-refractivity contribution in [2.75, 3.05) is 20.1 Å². The predicted molar refractivity (Wildman–Crippen MR) is 79.3 cm³/mol. The molecular weight excluding hydrogens is 268 g/mol. The molecule has 0 amide bonds. The van der Waals surface area contributed by atoms with Gasteiger partial charge in [-0.3, -0.25) is 0 Å². The SMILES string of the molecule is CN1CCC(CCn2nnc3c(C(=O)O)cccc32)CC1. The predicted octanol–water partition coefficient (Wildman–Crippen LogP) is 1.86. The normalized spacial score (nSPS) is 17.4. The van der Waals surface area contributed by atoms with Crippen LogP contribution in [-0.2, 0) is 6.54 Å². The monoisotopic (exact) mass is 288 g/mol. The van der Waals surface area contributed by atoms with Crippen molar-refractivity contribution in [3.63, 3.8) is 0 Å². The molecule has 6 heteroatoms. The number of carbonyl (C=O) groups is 1. The Labute approximate surface area is 123 Å². The van der Waals surface area contributed by atoms with Crippen molar-refractivity contribution in [2.45, 2.75) is 25.8 Å². The summed E-state index contributed by atoms with van der Waals surface area (Å²) in [4.78, 5) is 13.5. The number of piperidine rings is 1. The summed E-state index contributed by atoms with van der Waals surface area (Å²) in [7, 11) is 2.16. The van der Waals surface area contributed by atoms with E-state index in [1.807, 2.05) is 10.7 Å². The Bertz CT molecular complexity index is 644. The van der Waals surface area contributed by atoms with Crippen molar-refractivity contribution in [3.05, 3.63) is 23.8 Å². The smallest absolute Gasteiger partial charge is 0.338 e. The fourth-order valence-electron chi connectivity index (χ4n) is 2.98. The highest BCUT2D eigenvalue weighted by Crippen LogP contribution is 2.22.